The van der Waals surface area contributed by atoms with Crippen LogP contribution in [0.4, 0.5) is 0 Å². The number of hydrogen-bond donors (Lipinski definition) is 0. The van der Waals surface area contributed by atoms with Crippen LogP contribution in [0.15, 0.2) is 18.2 Å². The summed E-state index contributed by atoms with van der Waals surface area (Å²) >= 11 is 1.33. The second kappa shape index (κ2) is 6.19. The topological polar surface area (TPSA) is 58.6 Å². The largest absolute Gasteiger partial charge is 1.00 e. The minimum Gasteiger partial charge on any atom is -0.549 e. The molecule has 0 aliphatic carbocycles. The van der Waals surface area contributed by atoms with E-state index in [1.54, 1.807) is 0 Å². The van der Waals surface area contributed by atoms with Gasteiger partial charge in [0.05, 0.1) is 5.97 Å². The van der Waals surface area contributed by atoms with Gasteiger partial charge in [0.1, 0.15) is 0 Å². The number of ether oxygens (including phenoxy) is 2. The summed E-state index contributed by atoms with van der Waals surface area (Å²) in [7, 11) is 0. The summed E-state index contributed by atoms with van der Waals surface area (Å²) in [5, 5.41) is 10.5. The van der Waals surface area contributed by atoms with Crippen LogP contribution in [-0.4, -0.2) is 18.5 Å². The van der Waals surface area contributed by atoms with E-state index in [1.807, 2.05) is 32.0 Å². The van der Waals surface area contributed by atoms with Crippen molar-refractivity contribution in [1.29, 1.82) is 0 Å². The Balaban J connectivity index is 0.00000162. The Kier molecular flexibility index (Phi) is 5.40. The maximum atomic E-state index is 10.5. The number of carboxylic acid groups (broad SMARTS) is 1. The third-order valence-corrected chi connectivity index (χ3v) is 3.96. The summed E-state index contributed by atoms with van der Waals surface area (Å²) in [4.78, 5) is 10.5. The van der Waals surface area contributed by atoms with Crippen LogP contribution in [0.1, 0.15) is 19.4 Å². The zero-order valence-electron chi connectivity index (χ0n) is 10.7. The molecule has 1 aliphatic rings. The monoisotopic (exact) mass is 276 g/mol. The van der Waals surface area contributed by atoms with Gasteiger partial charge in [-0.1, -0.05) is 6.07 Å². The van der Waals surface area contributed by atoms with Gasteiger partial charge in [-0.25, -0.2) is 0 Å². The summed E-state index contributed by atoms with van der Waals surface area (Å²) in [6.07, 6.45) is 0. The van der Waals surface area contributed by atoms with Crippen molar-refractivity contribution in [2.24, 2.45) is 0 Å². The number of carbonyl (C=O) groups is 1. The van der Waals surface area contributed by atoms with Crippen molar-refractivity contribution in [1.82, 2.24) is 0 Å². The summed E-state index contributed by atoms with van der Waals surface area (Å²) in [6, 6.07) is 5.67. The predicted octanol–water partition coefficient (Wildman–Crippen LogP) is -1.86. The molecule has 6 heteroatoms. The third kappa shape index (κ3) is 3.57. The molecule has 2 rings (SSSR count). The molecule has 18 heavy (non-hydrogen) atoms. The molecule has 1 heterocycles. The van der Waals surface area contributed by atoms with Crippen LogP contribution in [0.2, 0.25) is 0 Å². The maximum absolute atomic E-state index is 10.5. The molecule has 1 aliphatic heterocycles. The Morgan fingerprint density at radius 3 is 2.72 bits per heavy atom. The molecule has 1 aromatic carbocycles. The molecule has 4 nitrogen and oxygen atoms in total. The molecule has 0 aromatic heterocycles. The summed E-state index contributed by atoms with van der Waals surface area (Å²) < 4.78 is 10.2. The van der Waals surface area contributed by atoms with Crippen molar-refractivity contribution in [3.63, 3.8) is 0 Å². The first-order valence-electron chi connectivity index (χ1n) is 5.23. The van der Waals surface area contributed by atoms with Crippen LogP contribution in [-0.2, 0) is 9.54 Å². The number of aliphatic carboxylic acids is 1. The van der Waals surface area contributed by atoms with E-state index in [-0.39, 0.29) is 46.9 Å². The first kappa shape index (κ1) is 15.7. The third-order valence-electron chi connectivity index (χ3n) is 2.62. The summed E-state index contributed by atoms with van der Waals surface area (Å²) in [5.41, 5.74) is 1.01. The van der Waals surface area contributed by atoms with Gasteiger partial charge in [-0.15, -0.1) is 11.8 Å². The molecule has 0 fully saturated rings. The number of carboxylic acids is 1. The SMILES string of the molecule is CC(C)(SCC(=O)[O-])c1ccc2c(c1)OCO2.[Na+]. The zero-order valence-corrected chi connectivity index (χ0v) is 13.5. The second-order valence-electron chi connectivity index (χ2n) is 4.24. The summed E-state index contributed by atoms with van der Waals surface area (Å²) in [5.74, 6) is 0.365. The number of carbonyl (C=O) groups excluding carboxylic acids is 1. The second-order valence-corrected chi connectivity index (χ2v) is 5.84. The summed E-state index contributed by atoms with van der Waals surface area (Å²) in [6.45, 7) is 4.18. The van der Waals surface area contributed by atoms with Gasteiger partial charge in [-0.05, 0) is 31.5 Å². The predicted molar refractivity (Wildman–Crippen MR) is 63.1 cm³/mol. The zero-order chi connectivity index (χ0) is 12.5. The molecule has 0 N–H and O–H groups in total. The quantitative estimate of drug-likeness (QED) is 0.604. The Hall–Kier alpha value is -0.360. The Bertz CT molecular complexity index is 448. The minimum absolute atomic E-state index is 0. The molecule has 0 radical (unpaired) electrons. The average Bonchev–Trinajstić information content (AvgIpc) is 2.73. The average molecular weight is 276 g/mol. The van der Waals surface area contributed by atoms with Crippen LogP contribution in [0.5, 0.6) is 11.5 Å². The molecule has 1 aromatic rings. The van der Waals surface area contributed by atoms with Gasteiger partial charge in [0, 0.05) is 10.5 Å². The Morgan fingerprint density at radius 1 is 1.39 bits per heavy atom. The van der Waals surface area contributed by atoms with Crippen molar-refractivity contribution in [3.8, 4) is 11.5 Å². The van der Waals surface area contributed by atoms with E-state index in [9.17, 15) is 9.90 Å². The molecule has 0 atom stereocenters. The van der Waals surface area contributed by atoms with Gasteiger partial charge in [-0.2, -0.15) is 0 Å². The van der Waals surface area contributed by atoms with Gasteiger partial charge in [0.2, 0.25) is 6.79 Å². The Morgan fingerprint density at radius 2 is 2.06 bits per heavy atom. The fourth-order valence-electron chi connectivity index (χ4n) is 1.59. The van der Waals surface area contributed by atoms with Crippen LogP contribution in [0, 0.1) is 0 Å². The van der Waals surface area contributed by atoms with Gasteiger partial charge in [0.15, 0.2) is 11.5 Å². The normalized spacial score (nSPS) is 13.0. The first-order chi connectivity index (χ1) is 7.99. The van der Waals surface area contributed by atoms with Crippen LogP contribution in [0.25, 0.3) is 0 Å². The molecule has 0 bridgehead atoms. The van der Waals surface area contributed by atoms with Crippen molar-refractivity contribution in [2.45, 2.75) is 18.6 Å². The smallest absolute Gasteiger partial charge is 0.549 e. The standard InChI is InChI=1S/C12H14O4S.Na/c1-12(2,17-6-11(13)14)8-3-4-9-10(5-8)16-7-15-9;/h3-5H,6-7H2,1-2H3,(H,13,14);/q;+1/p-1. The number of rotatable bonds is 4. The van der Waals surface area contributed by atoms with E-state index in [4.69, 9.17) is 9.47 Å². The van der Waals surface area contributed by atoms with E-state index in [2.05, 4.69) is 0 Å². The van der Waals surface area contributed by atoms with E-state index >= 15 is 0 Å². The van der Waals surface area contributed by atoms with Crippen molar-refractivity contribution in [3.05, 3.63) is 23.8 Å². The van der Waals surface area contributed by atoms with Crippen molar-refractivity contribution < 1.29 is 48.9 Å². The first-order valence-corrected chi connectivity index (χ1v) is 6.21. The van der Waals surface area contributed by atoms with E-state index in [0.29, 0.717) is 5.75 Å². The van der Waals surface area contributed by atoms with Crippen LogP contribution >= 0.6 is 11.8 Å². The molecule has 0 saturated heterocycles. The minimum atomic E-state index is -1.05. The van der Waals surface area contributed by atoms with Crippen LogP contribution in [0.3, 0.4) is 0 Å². The fraction of sp³-hybridized carbons (Fsp3) is 0.417. The molecular formula is C12H13NaO4S. The van der Waals surface area contributed by atoms with Crippen molar-refractivity contribution >= 4 is 17.7 Å². The van der Waals surface area contributed by atoms with Gasteiger partial charge in [-0.3, -0.25) is 0 Å². The van der Waals surface area contributed by atoms with Gasteiger partial charge < -0.3 is 19.4 Å². The molecule has 0 unspecified atom stereocenters. The van der Waals surface area contributed by atoms with E-state index in [0.717, 1.165) is 11.3 Å². The number of fused-ring (bicyclic) bond motifs is 1. The van der Waals surface area contributed by atoms with Gasteiger partial charge >= 0.3 is 29.6 Å². The maximum Gasteiger partial charge on any atom is 1.00 e. The molecule has 0 spiro atoms. The number of benzene rings is 1. The van der Waals surface area contributed by atoms with E-state index < -0.39 is 5.97 Å². The molecule has 0 saturated carbocycles. The molecule has 92 valence electrons. The number of hydrogen-bond acceptors (Lipinski definition) is 5. The molecular weight excluding hydrogens is 263 g/mol. The fourth-order valence-corrected chi connectivity index (χ4v) is 2.37. The molecule has 0 amide bonds. The van der Waals surface area contributed by atoms with Crippen molar-refractivity contribution in [2.75, 3.05) is 12.5 Å². The van der Waals surface area contributed by atoms with Gasteiger partial charge in [0.25, 0.3) is 0 Å². The van der Waals surface area contributed by atoms with E-state index in [1.165, 1.54) is 11.8 Å². The number of thioether (sulfide) groups is 1. The Labute approximate surface area is 132 Å². The van der Waals surface area contributed by atoms with Crippen LogP contribution < -0.4 is 44.1 Å².